The molecule has 0 bridgehead atoms. The van der Waals surface area contributed by atoms with E-state index in [4.69, 9.17) is 4.74 Å². The number of aromatic amines is 1. The zero-order valence-electron chi connectivity index (χ0n) is 10.8. The lowest BCUT2D eigenvalue weighted by atomic mass is 10.2. The minimum absolute atomic E-state index is 0.0863. The second-order valence-electron chi connectivity index (χ2n) is 4.45. The maximum atomic E-state index is 11.7. The van der Waals surface area contributed by atoms with E-state index in [0.717, 1.165) is 0 Å². The van der Waals surface area contributed by atoms with Crippen LogP contribution < -0.4 is 10.2 Å². The van der Waals surface area contributed by atoms with Crippen molar-refractivity contribution in [3.63, 3.8) is 0 Å². The maximum absolute atomic E-state index is 11.7. The van der Waals surface area contributed by atoms with Gasteiger partial charge in [0.2, 0.25) is 5.50 Å². The minimum atomic E-state index is -2.18. The van der Waals surface area contributed by atoms with Crippen molar-refractivity contribution in [3.05, 3.63) is 18.0 Å². The summed E-state index contributed by atoms with van der Waals surface area (Å²) >= 11 is -2.18. The molecule has 19 heavy (non-hydrogen) atoms. The number of nitrogens with zero attached hydrogens (tertiary/aromatic N) is 1. The summed E-state index contributed by atoms with van der Waals surface area (Å²) in [6.45, 7) is 4.66. The van der Waals surface area contributed by atoms with Crippen LogP contribution in [-0.4, -0.2) is 44.4 Å². The van der Waals surface area contributed by atoms with Gasteiger partial charge in [0.1, 0.15) is 5.69 Å². The van der Waals surface area contributed by atoms with E-state index in [1.807, 2.05) is 13.8 Å². The number of fused-ring (bicyclic) bond motifs is 1. The predicted molar refractivity (Wildman–Crippen MR) is 71.3 cm³/mol. The smallest absolute Gasteiger partial charge is 0.272 e. The summed E-state index contributed by atoms with van der Waals surface area (Å²) in [5.41, 5.74) is 0.0568. The summed E-state index contributed by atoms with van der Waals surface area (Å²) in [5, 5.41) is 2.50. The molecule has 7 nitrogen and oxygen atoms in total. The number of amides is 1. The van der Waals surface area contributed by atoms with Gasteiger partial charge in [-0.1, -0.05) is 0 Å². The van der Waals surface area contributed by atoms with Gasteiger partial charge >= 0.3 is 0 Å². The standard InChI is InChI=1S/C11H17N3O4S/c1-7(2)18-6-5-14-8-3-4-12-9(8)10(15)13-11(14)19(16)17/h3-4,7,11-12H,5-6H2,1-2H3,(H,13,15)(H,16,17). The molecule has 1 aliphatic rings. The Morgan fingerprint density at radius 1 is 1.58 bits per heavy atom. The third-order valence-electron chi connectivity index (χ3n) is 2.77. The summed E-state index contributed by atoms with van der Waals surface area (Å²) in [6.07, 6.45) is 1.71. The summed E-state index contributed by atoms with van der Waals surface area (Å²) in [6, 6.07) is 1.71. The summed E-state index contributed by atoms with van der Waals surface area (Å²) in [5.74, 6) is -0.381. The van der Waals surface area contributed by atoms with Crippen LogP contribution in [0.3, 0.4) is 0 Å². The topological polar surface area (TPSA) is 94.7 Å². The molecule has 106 valence electrons. The van der Waals surface area contributed by atoms with Crippen molar-refractivity contribution in [2.24, 2.45) is 0 Å². The number of rotatable bonds is 5. The fourth-order valence-corrected chi connectivity index (χ4v) is 2.60. The van der Waals surface area contributed by atoms with Crippen molar-refractivity contribution in [3.8, 4) is 0 Å². The molecule has 0 aromatic carbocycles. The molecular formula is C11H17N3O4S. The van der Waals surface area contributed by atoms with Crippen LogP contribution in [0.4, 0.5) is 5.69 Å². The lowest BCUT2D eigenvalue weighted by Gasteiger charge is -2.35. The van der Waals surface area contributed by atoms with Gasteiger partial charge in [0, 0.05) is 12.7 Å². The normalized spacial score (nSPS) is 20.3. The third-order valence-corrected chi connectivity index (χ3v) is 3.53. The first kappa shape index (κ1) is 14.0. The molecule has 3 N–H and O–H groups in total. The van der Waals surface area contributed by atoms with Gasteiger partial charge in [0.25, 0.3) is 5.91 Å². The quantitative estimate of drug-likeness (QED) is 0.685. The van der Waals surface area contributed by atoms with Gasteiger partial charge in [0.15, 0.2) is 11.1 Å². The van der Waals surface area contributed by atoms with Crippen LogP contribution in [0.5, 0.6) is 0 Å². The Kier molecular flexibility index (Phi) is 4.23. The first-order valence-electron chi connectivity index (χ1n) is 5.97. The van der Waals surface area contributed by atoms with Crippen LogP contribution in [0.2, 0.25) is 0 Å². The number of anilines is 1. The van der Waals surface area contributed by atoms with E-state index in [-0.39, 0.29) is 12.0 Å². The van der Waals surface area contributed by atoms with Crippen LogP contribution in [0.1, 0.15) is 24.3 Å². The van der Waals surface area contributed by atoms with Gasteiger partial charge in [-0.25, -0.2) is 4.21 Å². The number of H-pyrrole nitrogens is 1. The van der Waals surface area contributed by atoms with Crippen molar-refractivity contribution in [1.82, 2.24) is 10.3 Å². The molecule has 0 saturated heterocycles. The number of carbonyl (C=O) groups is 1. The number of nitrogens with one attached hydrogen (secondary N) is 2. The minimum Gasteiger partial charge on any atom is -0.377 e. The van der Waals surface area contributed by atoms with Crippen molar-refractivity contribution < 1.29 is 18.3 Å². The highest BCUT2D eigenvalue weighted by molar-refractivity contribution is 7.80. The van der Waals surface area contributed by atoms with Gasteiger partial charge in [-0.15, -0.1) is 0 Å². The fraction of sp³-hybridized carbons (Fsp3) is 0.545. The number of hydrogen-bond donors (Lipinski definition) is 3. The fourth-order valence-electron chi connectivity index (χ4n) is 1.95. The molecule has 0 spiro atoms. The molecule has 1 amide bonds. The number of ether oxygens (including phenoxy) is 1. The number of aromatic nitrogens is 1. The molecule has 1 aromatic heterocycles. The van der Waals surface area contributed by atoms with Gasteiger partial charge in [-0.2, -0.15) is 0 Å². The van der Waals surface area contributed by atoms with Gasteiger partial charge in [-0.05, 0) is 19.9 Å². The molecule has 0 saturated carbocycles. The molecule has 1 aliphatic heterocycles. The largest absolute Gasteiger partial charge is 0.377 e. The van der Waals surface area contributed by atoms with Crippen molar-refractivity contribution in [2.75, 3.05) is 18.1 Å². The second-order valence-corrected chi connectivity index (χ2v) is 5.45. The van der Waals surface area contributed by atoms with E-state index >= 15 is 0 Å². The average molecular weight is 287 g/mol. The van der Waals surface area contributed by atoms with E-state index in [0.29, 0.717) is 24.5 Å². The molecule has 2 rings (SSSR count). The first-order valence-corrected chi connectivity index (χ1v) is 7.14. The molecule has 2 atom stereocenters. The van der Waals surface area contributed by atoms with Gasteiger partial charge in [0.05, 0.1) is 18.4 Å². The Hall–Kier alpha value is -1.38. The maximum Gasteiger partial charge on any atom is 0.272 e. The highest BCUT2D eigenvalue weighted by Crippen LogP contribution is 2.25. The van der Waals surface area contributed by atoms with E-state index in [9.17, 15) is 13.6 Å². The summed E-state index contributed by atoms with van der Waals surface area (Å²) < 4.78 is 26.1. The summed E-state index contributed by atoms with van der Waals surface area (Å²) in [4.78, 5) is 16.2. The van der Waals surface area contributed by atoms with Crippen LogP contribution >= 0.6 is 0 Å². The van der Waals surface area contributed by atoms with Gasteiger partial charge < -0.3 is 24.5 Å². The van der Waals surface area contributed by atoms with E-state index in [2.05, 4.69) is 10.3 Å². The molecular weight excluding hydrogens is 270 g/mol. The molecule has 0 radical (unpaired) electrons. The summed E-state index contributed by atoms with van der Waals surface area (Å²) in [7, 11) is 0. The van der Waals surface area contributed by atoms with E-state index in [1.54, 1.807) is 17.2 Å². The SMILES string of the molecule is CC(C)OCCN1c2cc[nH]c2C(=O)NC1S(=O)O. The highest BCUT2D eigenvalue weighted by atomic mass is 32.2. The van der Waals surface area contributed by atoms with Crippen molar-refractivity contribution in [1.29, 1.82) is 0 Å². The zero-order chi connectivity index (χ0) is 14.0. The Morgan fingerprint density at radius 3 is 2.95 bits per heavy atom. The first-order chi connectivity index (χ1) is 9.00. The second kappa shape index (κ2) is 5.72. The Morgan fingerprint density at radius 2 is 2.32 bits per heavy atom. The molecule has 1 aromatic rings. The average Bonchev–Trinajstić information content (AvgIpc) is 2.80. The monoisotopic (exact) mass is 287 g/mol. The predicted octanol–water partition coefficient (Wildman–Crippen LogP) is 0.495. The lowest BCUT2D eigenvalue weighted by Crippen LogP contribution is -2.55. The van der Waals surface area contributed by atoms with Gasteiger partial charge in [-0.3, -0.25) is 4.79 Å². The Bertz CT molecular complexity index is 488. The van der Waals surface area contributed by atoms with Crippen LogP contribution in [-0.2, 0) is 15.8 Å². The van der Waals surface area contributed by atoms with Crippen molar-refractivity contribution >= 4 is 22.7 Å². The van der Waals surface area contributed by atoms with Crippen molar-refractivity contribution in [2.45, 2.75) is 25.4 Å². The Balaban J connectivity index is 2.18. The third kappa shape index (κ3) is 2.96. The van der Waals surface area contributed by atoms with E-state index < -0.39 is 16.6 Å². The number of hydrogen-bond acceptors (Lipinski definition) is 4. The van der Waals surface area contributed by atoms with Crippen LogP contribution in [0.15, 0.2) is 12.3 Å². The molecule has 0 fully saturated rings. The highest BCUT2D eigenvalue weighted by Gasteiger charge is 2.34. The van der Waals surface area contributed by atoms with Crippen LogP contribution in [0, 0.1) is 0 Å². The number of carbonyl (C=O) groups excluding carboxylic acids is 1. The molecule has 8 heteroatoms. The lowest BCUT2D eigenvalue weighted by molar-refractivity contribution is 0.0815. The zero-order valence-corrected chi connectivity index (χ0v) is 11.6. The molecule has 2 unspecified atom stereocenters. The van der Waals surface area contributed by atoms with E-state index in [1.165, 1.54) is 0 Å². The Labute approximate surface area is 113 Å². The van der Waals surface area contributed by atoms with Crippen LogP contribution in [0.25, 0.3) is 0 Å². The molecule has 0 aliphatic carbocycles. The molecule has 2 heterocycles.